The summed E-state index contributed by atoms with van der Waals surface area (Å²) < 4.78 is 0. The Kier molecular flexibility index (Phi) is 5.60. The van der Waals surface area contributed by atoms with Crippen molar-refractivity contribution in [1.82, 2.24) is 15.1 Å². The first-order valence-electron chi connectivity index (χ1n) is 7.59. The number of likely N-dealkylation sites (tertiary alicyclic amines) is 1. The topological polar surface area (TPSA) is 55.8 Å². The van der Waals surface area contributed by atoms with E-state index in [1.807, 2.05) is 11.8 Å². The Hall–Kier alpha value is -0.650. The largest absolute Gasteiger partial charge is 0.394 e. The minimum Gasteiger partial charge on any atom is -0.394 e. The molecule has 5 heteroatoms. The van der Waals surface area contributed by atoms with Crippen LogP contribution in [0.4, 0.5) is 0 Å². The quantitative estimate of drug-likeness (QED) is 0.740. The Morgan fingerprint density at radius 2 is 2.05 bits per heavy atom. The third-order valence-electron chi connectivity index (χ3n) is 4.34. The van der Waals surface area contributed by atoms with E-state index in [9.17, 15) is 9.90 Å². The first-order chi connectivity index (χ1) is 9.22. The van der Waals surface area contributed by atoms with E-state index in [1.54, 1.807) is 0 Å². The number of amides is 1. The van der Waals surface area contributed by atoms with Crippen LogP contribution in [0.3, 0.4) is 0 Å². The van der Waals surface area contributed by atoms with E-state index in [1.165, 1.54) is 32.4 Å². The molecule has 0 aromatic carbocycles. The maximum Gasteiger partial charge on any atom is 0.239 e. The number of piperidine rings is 1. The predicted molar refractivity (Wildman–Crippen MR) is 75.0 cm³/mol. The van der Waals surface area contributed by atoms with Gasteiger partial charge in [0, 0.05) is 19.6 Å². The first-order valence-corrected chi connectivity index (χ1v) is 7.59. The van der Waals surface area contributed by atoms with E-state index < -0.39 is 0 Å². The van der Waals surface area contributed by atoms with Crippen LogP contribution in [-0.4, -0.2) is 72.2 Å². The van der Waals surface area contributed by atoms with Gasteiger partial charge in [-0.3, -0.25) is 4.79 Å². The maximum absolute atomic E-state index is 12.1. The molecule has 0 aromatic heterocycles. The number of hydrogen-bond donors (Lipinski definition) is 2. The highest BCUT2D eigenvalue weighted by Crippen LogP contribution is 2.13. The van der Waals surface area contributed by atoms with Gasteiger partial charge < -0.3 is 20.2 Å². The monoisotopic (exact) mass is 269 g/mol. The lowest BCUT2D eigenvalue weighted by Gasteiger charge is -2.38. The molecule has 0 aliphatic carbocycles. The average molecular weight is 269 g/mol. The van der Waals surface area contributed by atoms with Crippen LogP contribution in [0.1, 0.15) is 32.6 Å². The zero-order chi connectivity index (χ0) is 13.7. The second-order valence-electron chi connectivity index (χ2n) is 5.73. The molecular weight excluding hydrogens is 242 g/mol. The highest BCUT2D eigenvalue weighted by molar-refractivity contribution is 5.82. The second kappa shape index (κ2) is 7.22. The van der Waals surface area contributed by atoms with Crippen molar-refractivity contribution in [3.05, 3.63) is 0 Å². The highest BCUT2D eigenvalue weighted by Gasteiger charge is 2.30. The van der Waals surface area contributed by atoms with Crippen LogP contribution in [0.2, 0.25) is 0 Å². The smallest absolute Gasteiger partial charge is 0.239 e. The van der Waals surface area contributed by atoms with Crippen molar-refractivity contribution in [3.63, 3.8) is 0 Å². The molecule has 0 aromatic rings. The normalized spacial score (nSPS) is 27.6. The summed E-state index contributed by atoms with van der Waals surface area (Å²) in [5.74, 6) is 0.129. The van der Waals surface area contributed by atoms with Crippen molar-refractivity contribution in [2.75, 3.05) is 39.3 Å². The average Bonchev–Trinajstić information content (AvgIpc) is 2.45. The van der Waals surface area contributed by atoms with E-state index in [2.05, 4.69) is 10.2 Å². The first kappa shape index (κ1) is 14.8. The summed E-state index contributed by atoms with van der Waals surface area (Å²) in [6.45, 7) is 6.85. The Balaban J connectivity index is 1.82. The van der Waals surface area contributed by atoms with Crippen LogP contribution >= 0.6 is 0 Å². The van der Waals surface area contributed by atoms with Crippen molar-refractivity contribution in [2.45, 2.75) is 44.7 Å². The molecule has 2 rings (SSSR count). The fourth-order valence-corrected chi connectivity index (χ4v) is 3.07. The van der Waals surface area contributed by atoms with Crippen molar-refractivity contribution >= 4 is 5.91 Å². The highest BCUT2D eigenvalue weighted by atomic mass is 16.3. The van der Waals surface area contributed by atoms with Gasteiger partial charge in [-0.2, -0.15) is 0 Å². The maximum atomic E-state index is 12.1. The van der Waals surface area contributed by atoms with Crippen LogP contribution in [0, 0.1) is 0 Å². The summed E-state index contributed by atoms with van der Waals surface area (Å²) in [7, 11) is 0. The molecule has 2 aliphatic rings. The number of hydrogen-bond acceptors (Lipinski definition) is 4. The van der Waals surface area contributed by atoms with Crippen molar-refractivity contribution in [1.29, 1.82) is 0 Å². The number of nitrogens with one attached hydrogen (secondary N) is 1. The van der Waals surface area contributed by atoms with Crippen LogP contribution in [0.15, 0.2) is 0 Å². The lowest BCUT2D eigenvalue weighted by Crippen LogP contribution is -2.58. The lowest BCUT2D eigenvalue weighted by molar-refractivity contribution is -0.139. The summed E-state index contributed by atoms with van der Waals surface area (Å²) in [5.41, 5.74) is 0. The molecule has 0 bridgehead atoms. The Morgan fingerprint density at radius 3 is 2.74 bits per heavy atom. The van der Waals surface area contributed by atoms with Gasteiger partial charge in [0.1, 0.15) is 0 Å². The predicted octanol–water partition coefficient (Wildman–Crippen LogP) is 0.0436. The molecule has 19 heavy (non-hydrogen) atoms. The lowest BCUT2D eigenvalue weighted by atomic mass is 10.1. The Morgan fingerprint density at radius 1 is 1.32 bits per heavy atom. The molecular formula is C14H27N3O2. The molecule has 2 atom stereocenters. The molecule has 2 saturated heterocycles. The van der Waals surface area contributed by atoms with Gasteiger partial charge in [-0.15, -0.1) is 0 Å². The van der Waals surface area contributed by atoms with Crippen LogP contribution < -0.4 is 5.32 Å². The Bertz CT molecular complexity index is 292. The van der Waals surface area contributed by atoms with Gasteiger partial charge in [0.15, 0.2) is 0 Å². The van der Waals surface area contributed by atoms with Gasteiger partial charge in [-0.1, -0.05) is 6.42 Å². The SMILES string of the molecule is C[C@@H]1NCCN([C@H](CO)CCN2CCCCC2)C1=O. The number of aliphatic hydroxyl groups is 1. The molecule has 1 amide bonds. The fraction of sp³-hybridized carbons (Fsp3) is 0.929. The van der Waals surface area contributed by atoms with Crippen LogP contribution in [-0.2, 0) is 4.79 Å². The van der Waals surface area contributed by atoms with Crippen molar-refractivity contribution in [3.8, 4) is 0 Å². The summed E-state index contributed by atoms with van der Waals surface area (Å²) in [6.07, 6.45) is 4.80. The third-order valence-corrected chi connectivity index (χ3v) is 4.34. The van der Waals surface area contributed by atoms with E-state index in [-0.39, 0.29) is 24.6 Å². The van der Waals surface area contributed by atoms with Crippen LogP contribution in [0.5, 0.6) is 0 Å². The van der Waals surface area contributed by atoms with Crippen molar-refractivity contribution < 1.29 is 9.90 Å². The zero-order valence-corrected chi connectivity index (χ0v) is 12.0. The van der Waals surface area contributed by atoms with E-state index in [4.69, 9.17) is 0 Å². The molecule has 5 nitrogen and oxygen atoms in total. The summed E-state index contributed by atoms with van der Waals surface area (Å²) in [6, 6.07) is -0.128. The zero-order valence-electron chi connectivity index (χ0n) is 12.0. The van der Waals surface area contributed by atoms with Crippen LogP contribution in [0.25, 0.3) is 0 Å². The minimum atomic E-state index is -0.113. The molecule has 0 spiro atoms. The number of rotatable bonds is 5. The van der Waals surface area contributed by atoms with Gasteiger partial charge in [0.25, 0.3) is 0 Å². The van der Waals surface area contributed by atoms with Gasteiger partial charge in [-0.05, 0) is 39.3 Å². The second-order valence-corrected chi connectivity index (χ2v) is 5.73. The van der Waals surface area contributed by atoms with Gasteiger partial charge in [0.05, 0.1) is 18.7 Å². The molecule has 2 aliphatic heterocycles. The molecule has 2 heterocycles. The Labute approximate surface area is 115 Å². The fourth-order valence-electron chi connectivity index (χ4n) is 3.07. The van der Waals surface area contributed by atoms with E-state index in [0.29, 0.717) is 6.54 Å². The van der Waals surface area contributed by atoms with E-state index >= 15 is 0 Å². The minimum absolute atomic E-state index is 0.0148. The number of piperazine rings is 1. The standard InChI is InChI=1S/C14H27N3O2/c1-12-14(19)17(10-6-15-12)13(11-18)5-9-16-7-3-2-4-8-16/h12-13,15,18H,2-11H2,1H3/t12-,13-/m0/s1. The molecule has 0 radical (unpaired) electrons. The summed E-state index contributed by atoms with van der Waals surface area (Å²) in [4.78, 5) is 16.4. The number of carbonyl (C=O) groups is 1. The van der Waals surface area contributed by atoms with Gasteiger partial charge >= 0.3 is 0 Å². The van der Waals surface area contributed by atoms with Gasteiger partial charge in [-0.25, -0.2) is 0 Å². The molecule has 2 fully saturated rings. The summed E-state index contributed by atoms with van der Waals surface area (Å²) in [5, 5.41) is 12.7. The van der Waals surface area contributed by atoms with Crippen molar-refractivity contribution in [2.24, 2.45) is 0 Å². The van der Waals surface area contributed by atoms with E-state index in [0.717, 1.165) is 19.5 Å². The molecule has 110 valence electrons. The summed E-state index contributed by atoms with van der Waals surface area (Å²) >= 11 is 0. The number of aliphatic hydroxyl groups excluding tert-OH is 1. The molecule has 0 unspecified atom stereocenters. The third kappa shape index (κ3) is 3.91. The molecule has 2 N–H and O–H groups in total. The molecule has 0 saturated carbocycles. The number of carbonyl (C=O) groups excluding carboxylic acids is 1. The van der Waals surface area contributed by atoms with Gasteiger partial charge in [0.2, 0.25) is 5.91 Å². The number of nitrogens with zero attached hydrogens (tertiary/aromatic N) is 2.